The van der Waals surface area contributed by atoms with Crippen LogP contribution in [0, 0.1) is 0 Å². The van der Waals surface area contributed by atoms with Gasteiger partial charge >= 0.3 is 0 Å². The van der Waals surface area contributed by atoms with E-state index in [2.05, 4.69) is 37.7 Å². The van der Waals surface area contributed by atoms with Crippen molar-refractivity contribution in [3.8, 4) is 0 Å². The molecule has 2 unspecified atom stereocenters. The Labute approximate surface area is 100 Å². The Morgan fingerprint density at radius 1 is 1.19 bits per heavy atom. The summed E-state index contributed by atoms with van der Waals surface area (Å²) in [5.74, 6) is 0. The highest BCUT2D eigenvalue weighted by Crippen LogP contribution is 2.08. The molecule has 0 spiro atoms. The van der Waals surface area contributed by atoms with Gasteiger partial charge in [0, 0.05) is 6.61 Å². The van der Waals surface area contributed by atoms with E-state index in [4.69, 9.17) is 9.16 Å². The SMILES string of the molecule is CCOC(CC)O[SiH](C)Cc1ccccc1. The number of benzene rings is 1. The van der Waals surface area contributed by atoms with Crippen molar-refractivity contribution in [3.05, 3.63) is 35.9 Å². The molecular formula is C13H22O2Si. The summed E-state index contributed by atoms with van der Waals surface area (Å²) in [5.41, 5.74) is 1.37. The Morgan fingerprint density at radius 3 is 2.44 bits per heavy atom. The highest BCUT2D eigenvalue weighted by atomic mass is 28.3. The summed E-state index contributed by atoms with van der Waals surface area (Å²) in [4.78, 5) is 0. The number of hydrogen-bond donors (Lipinski definition) is 0. The van der Waals surface area contributed by atoms with Gasteiger partial charge in [-0.15, -0.1) is 0 Å². The van der Waals surface area contributed by atoms with Crippen LogP contribution in [-0.2, 0) is 15.2 Å². The fraction of sp³-hybridized carbons (Fsp3) is 0.538. The second-order valence-corrected chi connectivity index (χ2v) is 6.23. The molecule has 2 nitrogen and oxygen atoms in total. The number of ether oxygens (including phenoxy) is 1. The predicted molar refractivity (Wildman–Crippen MR) is 69.9 cm³/mol. The van der Waals surface area contributed by atoms with Gasteiger partial charge < -0.3 is 9.16 Å². The molecule has 1 aromatic rings. The Kier molecular flexibility index (Phi) is 6.38. The molecule has 1 rings (SSSR count). The quantitative estimate of drug-likeness (QED) is 0.537. The van der Waals surface area contributed by atoms with Crippen LogP contribution in [0.15, 0.2) is 30.3 Å². The third kappa shape index (κ3) is 4.92. The van der Waals surface area contributed by atoms with E-state index >= 15 is 0 Å². The Hall–Kier alpha value is -0.643. The maximum Gasteiger partial charge on any atom is 0.181 e. The molecule has 0 saturated carbocycles. The van der Waals surface area contributed by atoms with Crippen LogP contribution in [0.5, 0.6) is 0 Å². The highest BCUT2D eigenvalue weighted by molar-refractivity contribution is 6.49. The molecule has 0 aliphatic carbocycles. The molecule has 0 aromatic heterocycles. The molecule has 0 radical (unpaired) electrons. The summed E-state index contributed by atoms with van der Waals surface area (Å²) in [7, 11) is -1.16. The fourth-order valence-corrected chi connectivity index (χ4v) is 3.51. The van der Waals surface area contributed by atoms with E-state index in [0.717, 1.165) is 19.1 Å². The lowest BCUT2D eigenvalue weighted by Gasteiger charge is -2.20. The Morgan fingerprint density at radius 2 is 1.88 bits per heavy atom. The highest BCUT2D eigenvalue weighted by Gasteiger charge is 2.12. The zero-order valence-corrected chi connectivity index (χ0v) is 11.6. The van der Waals surface area contributed by atoms with Gasteiger partial charge in [-0.1, -0.05) is 37.3 Å². The first-order valence-corrected chi connectivity index (χ1v) is 8.51. The summed E-state index contributed by atoms with van der Waals surface area (Å²) >= 11 is 0. The van der Waals surface area contributed by atoms with Gasteiger partial charge in [0.25, 0.3) is 0 Å². The topological polar surface area (TPSA) is 18.5 Å². The maximum atomic E-state index is 5.96. The van der Waals surface area contributed by atoms with E-state index < -0.39 is 9.04 Å². The lowest BCUT2D eigenvalue weighted by molar-refractivity contribution is -0.0793. The molecule has 1 aromatic carbocycles. The second kappa shape index (κ2) is 7.60. The van der Waals surface area contributed by atoms with Crippen LogP contribution >= 0.6 is 0 Å². The summed E-state index contributed by atoms with van der Waals surface area (Å²) in [6, 6.07) is 11.6. The normalized spacial score (nSPS) is 14.7. The Balaban J connectivity index is 2.37. The van der Waals surface area contributed by atoms with E-state index in [1.807, 2.05) is 13.0 Å². The average Bonchev–Trinajstić information content (AvgIpc) is 2.29. The van der Waals surface area contributed by atoms with Gasteiger partial charge in [-0.3, -0.25) is 0 Å². The monoisotopic (exact) mass is 238 g/mol. The van der Waals surface area contributed by atoms with Crippen molar-refractivity contribution in [1.82, 2.24) is 0 Å². The largest absolute Gasteiger partial charge is 0.396 e. The third-order valence-corrected chi connectivity index (χ3v) is 4.25. The zero-order valence-electron chi connectivity index (χ0n) is 10.5. The molecule has 0 fully saturated rings. The first-order valence-electron chi connectivity index (χ1n) is 6.07. The summed E-state index contributed by atoms with van der Waals surface area (Å²) in [5, 5.41) is 0. The van der Waals surface area contributed by atoms with Crippen LogP contribution in [-0.4, -0.2) is 21.9 Å². The molecule has 0 saturated heterocycles. The third-order valence-electron chi connectivity index (χ3n) is 2.44. The van der Waals surface area contributed by atoms with E-state index in [1.54, 1.807) is 0 Å². The smallest absolute Gasteiger partial charge is 0.181 e. The lowest BCUT2D eigenvalue weighted by Crippen LogP contribution is -2.27. The van der Waals surface area contributed by atoms with Crippen molar-refractivity contribution >= 4 is 9.04 Å². The predicted octanol–water partition coefficient (Wildman–Crippen LogP) is 2.91. The number of hydrogen-bond acceptors (Lipinski definition) is 2. The second-order valence-electron chi connectivity index (χ2n) is 3.93. The molecule has 0 heterocycles. The summed E-state index contributed by atoms with van der Waals surface area (Å²) < 4.78 is 11.5. The van der Waals surface area contributed by atoms with Crippen molar-refractivity contribution in [1.29, 1.82) is 0 Å². The van der Waals surface area contributed by atoms with Gasteiger partial charge in [-0.05, 0) is 31.5 Å². The van der Waals surface area contributed by atoms with Crippen LogP contribution in [0.3, 0.4) is 0 Å². The average molecular weight is 238 g/mol. The van der Waals surface area contributed by atoms with Crippen molar-refractivity contribution in [2.45, 2.75) is 39.1 Å². The molecule has 3 heteroatoms. The van der Waals surface area contributed by atoms with E-state index in [0.29, 0.717) is 0 Å². The standard InChI is InChI=1S/C13H22O2Si/c1-4-13(14-5-2)15-16(3)11-12-9-7-6-8-10-12/h6-10,13,16H,4-5,11H2,1-3H3. The van der Waals surface area contributed by atoms with Crippen LogP contribution in [0.2, 0.25) is 6.55 Å². The molecule has 90 valence electrons. The molecule has 0 bridgehead atoms. The molecule has 2 atom stereocenters. The van der Waals surface area contributed by atoms with Crippen molar-refractivity contribution < 1.29 is 9.16 Å². The number of rotatable bonds is 7. The van der Waals surface area contributed by atoms with Crippen LogP contribution < -0.4 is 0 Å². The minimum atomic E-state index is -1.16. The van der Waals surface area contributed by atoms with E-state index in [9.17, 15) is 0 Å². The molecule has 0 aliphatic rings. The van der Waals surface area contributed by atoms with Gasteiger partial charge in [0.2, 0.25) is 0 Å². The van der Waals surface area contributed by atoms with Crippen LogP contribution in [0.1, 0.15) is 25.8 Å². The first-order chi connectivity index (χ1) is 7.76. The molecule has 0 N–H and O–H groups in total. The molecule has 0 amide bonds. The van der Waals surface area contributed by atoms with Gasteiger partial charge in [0.1, 0.15) is 6.29 Å². The summed E-state index contributed by atoms with van der Waals surface area (Å²) in [6.45, 7) is 7.07. The first kappa shape index (κ1) is 13.4. The Bertz CT molecular complexity index is 277. The lowest BCUT2D eigenvalue weighted by atomic mass is 10.2. The van der Waals surface area contributed by atoms with Crippen molar-refractivity contribution in [3.63, 3.8) is 0 Å². The molecule has 16 heavy (non-hydrogen) atoms. The van der Waals surface area contributed by atoms with E-state index in [1.165, 1.54) is 5.56 Å². The minimum Gasteiger partial charge on any atom is -0.396 e. The van der Waals surface area contributed by atoms with Crippen molar-refractivity contribution in [2.24, 2.45) is 0 Å². The maximum absolute atomic E-state index is 5.96. The zero-order chi connectivity index (χ0) is 11.8. The molecule has 0 aliphatic heterocycles. The van der Waals surface area contributed by atoms with E-state index in [-0.39, 0.29) is 6.29 Å². The fourth-order valence-electron chi connectivity index (χ4n) is 1.69. The van der Waals surface area contributed by atoms with Gasteiger partial charge in [-0.2, -0.15) is 0 Å². The van der Waals surface area contributed by atoms with Gasteiger partial charge in [0.05, 0.1) is 0 Å². The van der Waals surface area contributed by atoms with Gasteiger partial charge in [-0.25, -0.2) is 0 Å². The minimum absolute atomic E-state index is 0.00428. The van der Waals surface area contributed by atoms with Crippen LogP contribution in [0.4, 0.5) is 0 Å². The molecular weight excluding hydrogens is 216 g/mol. The van der Waals surface area contributed by atoms with Gasteiger partial charge in [0.15, 0.2) is 9.04 Å². The summed E-state index contributed by atoms with van der Waals surface area (Å²) in [6.07, 6.45) is 0.926. The van der Waals surface area contributed by atoms with Crippen LogP contribution in [0.25, 0.3) is 0 Å². The van der Waals surface area contributed by atoms with Crippen molar-refractivity contribution in [2.75, 3.05) is 6.61 Å².